The molecule has 0 radical (unpaired) electrons. The molecule has 0 spiro atoms. The summed E-state index contributed by atoms with van der Waals surface area (Å²) < 4.78 is 9.31. The molecule has 0 fully saturated rings. The van der Waals surface area contributed by atoms with E-state index >= 15 is 0 Å². The molecule has 0 saturated carbocycles. The molecule has 7 heterocycles. The van der Waals surface area contributed by atoms with Crippen LogP contribution in [0, 0.1) is 5.92 Å². The zero-order valence-electron chi connectivity index (χ0n) is 39.7. The highest BCUT2D eigenvalue weighted by Crippen LogP contribution is 2.39. The zero-order valence-corrected chi connectivity index (χ0v) is 39.7. The standard InChI is InChI=1S/C63H48N8O/c1-4-45(50-22-15-30-66-41-50)34-54-55(60(32-43-16-12-13-28-64-39-43)72-59(54)33-44-17-14-29-65-40-44)37-51(5-2)71-57-25-23-48(62-67-31-27-56(69-62)46-18-8-6-9-19-46)35-52(57)53-36-49(24-26-58(53)71)63-68-38-42(3)61(70-63)47-20-10-7-11-21-47/h4-15,17-31,34-42,61H,1-2,32-33H2,3H3/b45-34+,51-37+. The van der Waals surface area contributed by atoms with E-state index in [0.29, 0.717) is 24.5 Å². The Labute approximate surface area is 418 Å². The minimum Gasteiger partial charge on any atom is -0.464 e. The van der Waals surface area contributed by atoms with Gasteiger partial charge in [0, 0.05) is 118 Å². The summed E-state index contributed by atoms with van der Waals surface area (Å²) in [5, 5.41) is 2.02. The van der Waals surface area contributed by atoms with Gasteiger partial charge in [-0.1, -0.05) is 99.0 Å². The van der Waals surface area contributed by atoms with Crippen molar-refractivity contribution in [3.05, 3.63) is 258 Å². The Morgan fingerprint density at radius 1 is 0.722 bits per heavy atom. The largest absolute Gasteiger partial charge is 0.464 e. The number of pyridine rings is 2. The number of aliphatic imine (C=N–C) groups is 3. The molecule has 2 aliphatic rings. The van der Waals surface area contributed by atoms with Crippen LogP contribution in [0.2, 0.25) is 0 Å². The fourth-order valence-electron chi connectivity index (χ4n) is 9.40. The minimum atomic E-state index is -0.0614. The number of hydrogen-bond donors (Lipinski definition) is 0. The van der Waals surface area contributed by atoms with Crippen molar-refractivity contribution in [3.8, 4) is 22.6 Å². The monoisotopic (exact) mass is 932 g/mol. The molecular formula is C63H48N8O. The molecule has 0 N–H and O–H groups in total. The predicted octanol–water partition coefficient (Wildman–Crippen LogP) is 14.2. The maximum absolute atomic E-state index is 7.04. The van der Waals surface area contributed by atoms with Crippen molar-refractivity contribution in [2.75, 3.05) is 0 Å². The SMILES string of the molecule is C=C/C(=C\c1c(Cc2cccnc2)oc(CC2=C=CC=CN=C2)c1/C=C(\C=C)n1c2ccc(C3=NC(c4ccccc4)C(C)C=N3)cc2c2cc(-c3nccc(-c4ccccc4)n3)ccc21)c1cccnc1. The van der Waals surface area contributed by atoms with Crippen LogP contribution >= 0.6 is 0 Å². The van der Waals surface area contributed by atoms with Gasteiger partial charge in [0.1, 0.15) is 11.5 Å². The second kappa shape index (κ2) is 20.3. The van der Waals surface area contributed by atoms with E-state index < -0.39 is 0 Å². The molecule has 11 rings (SSSR count). The van der Waals surface area contributed by atoms with Crippen molar-refractivity contribution in [3.63, 3.8) is 0 Å². The van der Waals surface area contributed by atoms with Crippen LogP contribution in [0.4, 0.5) is 0 Å². The van der Waals surface area contributed by atoms with Crippen molar-refractivity contribution >= 4 is 63.5 Å². The van der Waals surface area contributed by atoms with Gasteiger partial charge in [0.2, 0.25) is 0 Å². The number of nitrogens with zero attached hydrogens (tertiary/aromatic N) is 8. The molecule has 2 atom stereocenters. The second-order valence-electron chi connectivity index (χ2n) is 17.6. The van der Waals surface area contributed by atoms with Crippen LogP contribution in [-0.4, -0.2) is 42.8 Å². The Balaban J connectivity index is 1.14. The molecule has 9 heteroatoms. The van der Waals surface area contributed by atoms with E-state index in [2.05, 4.69) is 136 Å². The molecule has 346 valence electrons. The Kier molecular flexibility index (Phi) is 12.7. The van der Waals surface area contributed by atoms with Gasteiger partial charge < -0.3 is 8.98 Å². The van der Waals surface area contributed by atoms with Crippen LogP contribution in [0.1, 0.15) is 57.9 Å². The maximum Gasteiger partial charge on any atom is 0.159 e. The molecule has 72 heavy (non-hydrogen) atoms. The van der Waals surface area contributed by atoms with Gasteiger partial charge in [0.05, 0.1) is 22.8 Å². The molecule has 5 aromatic heterocycles. The molecule has 0 amide bonds. The summed E-state index contributed by atoms with van der Waals surface area (Å²) in [6.07, 6.45) is 27.5. The summed E-state index contributed by atoms with van der Waals surface area (Å²) >= 11 is 0. The van der Waals surface area contributed by atoms with E-state index in [4.69, 9.17) is 24.4 Å². The number of furan rings is 1. The summed E-state index contributed by atoms with van der Waals surface area (Å²) in [4.78, 5) is 33.5. The first-order valence-corrected chi connectivity index (χ1v) is 23.9. The number of allylic oxidation sites excluding steroid dienone is 6. The number of rotatable bonds is 14. The molecule has 9 nitrogen and oxygen atoms in total. The van der Waals surface area contributed by atoms with Crippen molar-refractivity contribution < 1.29 is 4.42 Å². The Bertz CT molecular complexity index is 3770. The zero-order chi connectivity index (χ0) is 48.8. The second-order valence-corrected chi connectivity index (χ2v) is 17.6. The number of aromatic nitrogens is 5. The Hall–Kier alpha value is -9.43. The van der Waals surface area contributed by atoms with Gasteiger partial charge in [0.15, 0.2) is 11.7 Å². The lowest BCUT2D eigenvalue weighted by Crippen LogP contribution is -2.17. The molecule has 0 saturated heterocycles. The van der Waals surface area contributed by atoms with Crippen LogP contribution in [-0.2, 0) is 12.8 Å². The summed E-state index contributed by atoms with van der Waals surface area (Å²) in [6.45, 7) is 10.9. The van der Waals surface area contributed by atoms with E-state index in [9.17, 15) is 0 Å². The lowest BCUT2D eigenvalue weighted by molar-refractivity contribution is 0.481. The van der Waals surface area contributed by atoms with E-state index in [1.807, 2.05) is 104 Å². The molecule has 9 aromatic rings. The number of hydrogen-bond acceptors (Lipinski definition) is 8. The molecule has 2 unspecified atom stereocenters. The van der Waals surface area contributed by atoms with E-state index in [1.165, 1.54) is 0 Å². The fourth-order valence-corrected chi connectivity index (χ4v) is 9.40. The minimum absolute atomic E-state index is 0.0614. The Morgan fingerprint density at radius 3 is 2.21 bits per heavy atom. The molecule has 2 aliphatic heterocycles. The van der Waals surface area contributed by atoms with Crippen LogP contribution in [0.3, 0.4) is 0 Å². The van der Waals surface area contributed by atoms with E-state index in [1.54, 1.807) is 18.6 Å². The third-order valence-electron chi connectivity index (χ3n) is 13.0. The van der Waals surface area contributed by atoms with Crippen molar-refractivity contribution in [1.82, 2.24) is 24.5 Å². The molecule has 4 aromatic carbocycles. The Morgan fingerprint density at radius 2 is 1.46 bits per heavy atom. The van der Waals surface area contributed by atoms with E-state index in [-0.39, 0.29) is 12.0 Å². The molecule has 0 aliphatic carbocycles. The van der Waals surface area contributed by atoms with Crippen molar-refractivity contribution in [2.45, 2.75) is 25.8 Å². The van der Waals surface area contributed by atoms with Crippen LogP contribution in [0.15, 0.2) is 233 Å². The molecular weight excluding hydrogens is 885 g/mol. The van der Waals surface area contributed by atoms with Gasteiger partial charge in [-0.25, -0.2) is 15.0 Å². The maximum atomic E-state index is 7.04. The first kappa shape index (κ1) is 45.0. The third-order valence-corrected chi connectivity index (χ3v) is 13.0. The summed E-state index contributed by atoms with van der Waals surface area (Å²) in [5.41, 5.74) is 16.5. The number of benzene rings is 4. The molecule has 0 bridgehead atoms. The van der Waals surface area contributed by atoms with Gasteiger partial charge in [-0.15, -0.1) is 5.73 Å². The highest BCUT2D eigenvalue weighted by atomic mass is 16.3. The fraction of sp³-hybridized carbons (Fsp3) is 0.0794. The van der Waals surface area contributed by atoms with Gasteiger partial charge in [-0.05, 0) is 107 Å². The topological polar surface area (TPSA) is 107 Å². The lowest BCUT2D eigenvalue weighted by Gasteiger charge is -2.22. The average Bonchev–Trinajstić information content (AvgIpc) is 3.77. The van der Waals surface area contributed by atoms with Crippen LogP contribution in [0.25, 0.3) is 67.9 Å². The van der Waals surface area contributed by atoms with E-state index in [0.717, 1.165) is 100 Å². The summed E-state index contributed by atoms with van der Waals surface area (Å²) in [7, 11) is 0. The highest BCUT2D eigenvalue weighted by molar-refractivity contribution is 6.15. The van der Waals surface area contributed by atoms with Gasteiger partial charge in [-0.2, -0.15) is 0 Å². The van der Waals surface area contributed by atoms with Gasteiger partial charge in [-0.3, -0.25) is 20.0 Å². The highest BCUT2D eigenvalue weighted by Gasteiger charge is 2.25. The first-order valence-electron chi connectivity index (χ1n) is 23.9. The van der Waals surface area contributed by atoms with Crippen LogP contribution < -0.4 is 0 Å². The van der Waals surface area contributed by atoms with Crippen LogP contribution in [0.5, 0.6) is 0 Å². The number of amidine groups is 1. The van der Waals surface area contributed by atoms with Crippen molar-refractivity contribution in [1.29, 1.82) is 0 Å². The summed E-state index contributed by atoms with van der Waals surface area (Å²) in [6, 6.07) is 43.4. The van der Waals surface area contributed by atoms with Crippen molar-refractivity contribution in [2.24, 2.45) is 20.9 Å². The first-order chi connectivity index (χ1) is 35.5. The lowest BCUT2D eigenvalue weighted by atomic mass is 9.94. The summed E-state index contributed by atoms with van der Waals surface area (Å²) in [5.74, 6) is 2.97. The quantitative estimate of drug-likeness (QED) is 0.0797. The average molecular weight is 933 g/mol. The number of fused-ring (bicyclic) bond motifs is 3. The van der Waals surface area contributed by atoms with Gasteiger partial charge >= 0.3 is 0 Å². The normalized spacial score (nSPS) is 15.7. The third kappa shape index (κ3) is 9.23. The van der Waals surface area contributed by atoms with Gasteiger partial charge in [0.25, 0.3) is 0 Å². The predicted molar refractivity (Wildman–Crippen MR) is 295 cm³/mol. The smallest absolute Gasteiger partial charge is 0.159 e.